The Morgan fingerprint density at radius 2 is 1.47 bits per heavy atom. The summed E-state index contributed by atoms with van der Waals surface area (Å²) >= 11 is 0. The molecule has 0 saturated heterocycles. The number of rotatable bonds is 3. The van der Waals surface area contributed by atoms with Crippen LogP contribution in [0, 0.1) is 0 Å². The van der Waals surface area contributed by atoms with Crippen molar-refractivity contribution < 1.29 is 10.2 Å². The minimum absolute atomic E-state index is 0.161. The van der Waals surface area contributed by atoms with Gasteiger partial charge in [0.15, 0.2) is 0 Å². The van der Waals surface area contributed by atoms with Crippen molar-refractivity contribution in [2.45, 2.75) is 32.6 Å². The Balaban J connectivity index is 2.46. The summed E-state index contributed by atoms with van der Waals surface area (Å²) in [4.78, 5) is 0. The molecule has 2 aromatic carbocycles. The number of benzene rings is 2. The zero-order valence-electron chi connectivity index (χ0n) is 11.6. The van der Waals surface area contributed by atoms with Gasteiger partial charge >= 0.3 is 0 Å². The fraction of sp³-hybridized carbons (Fsp3) is 0.294. The number of aromatic hydroxyl groups is 2. The van der Waals surface area contributed by atoms with Gasteiger partial charge in [-0.3, -0.25) is 0 Å². The highest BCUT2D eigenvalue weighted by atomic mass is 16.3. The van der Waals surface area contributed by atoms with Gasteiger partial charge in [-0.15, -0.1) is 0 Å². The molecular weight excluding hydrogens is 236 g/mol. The predicted molar refractivity (Wildman–Crippen MR) is 77.7 cm³/mol. The van der Waals surface area contributed by atoms with Gasteiger partial charge in [-0.1, -0.05) is 45.0 Å². The third kappa shape index (κ3) is 2.58. The number of phenols is 2. The van der Waals surface area contributed by atoms with E-state index < -0.39 is 0 Å². The van der Waals surface area contributed by atoms with Gasteiger partial charge in [0.2, 0.25) is 0 Å². The van der Waals surface area contributed by atoms with Crippen molar-refractivity contribution >= 4 is 0 Å². The highest BCUT2D eigenvalue weighted by Gasteiger charge is 2.23. The van der Waals surface area contributed by atoms with E-state index in [-0.39, 0.29) is 11.2 Å². The van der Waals surface area contributed by atoms with E-state index in [9.17, 15) is 10.2 Å². The van der Waals surface area contributed by atoms with Crippen LogP contribution in [-0.2, 0) is 11.8 Å². The molecule has 0 aliphatic heterocycles. The number of aryl methyl sites for hydroxylation is 1. The van der Waals surface area contributed by atoms with Crippen molar-refractivity contribution in [3.05, 3.63) is 59.2 Å². The van der Waals surface area contributed by atoms with Gasteiger partial charge in [0, 0.05) is 5.41 Å². The van der Waals surface area contributed by atoms with Gasteiger partial charge in [0.05, 0.1) is 0 Å². The van der Waals surface area contributed by atoms with E-state index in [0.717, 1.165) is 23.1 Å². The van der Waals surface area contributed by atoms with Crippen LogP contribution < -0.4 is 0 Å². The lowest BCUT2D eigenvalue weighted by Crippen LogP contribution is -2.18. The molecule has 0 unspecified atom stereocenters. The average Bonchev–Trinajstić information content (AvgIpc) is 2.39. The fourth-order valence-electron chi connectivity index (χ4n) is 2.30. The summed E-state index contributed by atoms with van der Waals surface area (Å²) in [7, 11) is 0. The molecule has 2 rings (SSSR count). The zero-order chi connectivity index (χ0) is 14.0. The van der Waals surface area contributed by atoms with Crippen molar-refractivity contribution in [2.75, 3.05) is 0 Å². The van der Waals surface area contributed by atoms with E-state index >= 15 is 0 Å². The van der Waals surface area contributed by atoms with Crippen LogP contribution in [0.2, 0.25) is 0 Å². The summed E-state index contributed by atoms with van der Waals surface area (Å²) in [5, 5.41) is 19.2. The first kappa shape index (κ1) is 13.5. The summed E-state index contributed by atoms with van der Waals surface area (Å²) in [6.45, 7) is 6.32. The molecule has 0 spiro atoms. The maximum Gasteiger partial charge on any atom is 0.118 e. The highest BCUT2D eigenvalue weighted by molar-refractivity contribution is 5.44. The topological polar surface area (TPSA) is 40.5 Å². The van der Waals surface area contributed by atoms with E-state index in [1.54, 1.807) is 18.2 Å². The second-order valence-electron chi connectivity index (χ2n) is 5.37. The largest absolute Gasteiger partial charge is 0.508 e. The van der Waals surface area contributed by atoms with E-state index in [2.05, 4.69) is 19.9 Å². The van der Waals surface area contributed by atoms with E-state index in [1.807, 2.05) is 25.1 Å². The maximum atomic E-state index is 9.77. The zero-order valence-corrected chi connectivity index (χ0v) is 11.6. The summed E-state index contributed by atoms with van der Waals surface area (Å²) in [5.74, 6) is 0.632. The molecule has 0 amide bonds. The highest BCUT2D eigenvalue weighted by Crippen LogP contribution is 2.34. The molecule has 100 valence electrons. The lowest BCUT2D eigenvalue weighted by molar-refractivity contribution is 0.467. The molecule has 0 radical (unpaired) electrons. The van der Waals surface area contributed by atoms with Crippen LogP contribution in [-0.4, -0.2) is 10.2 Å². The molecule has 19 heavy (non-hydrogen) atoms. The summed E-state index contributed by atoms with van der Waals surface area (Å²) in [6.07, 6.45) is 0.811. The molecule has 0 bridgehead atoms. The standard InChI is InChI=1S/C17H20O2/c1-4-12-11-14(7-10-16(12)19)17(2,3)13-5-8-15(18)9-6-13/h5-11,18-19H,4H2,1-3H3. The molecule has 2 N–H and O–H groups in total. The second kappa shape index (κ2) is 4.96. The van der Waals surface area contributed by atoms with Crippen molar-refractivity contribution in [1.82, 2.24) is 0 Å². The van der Waals surface area contributed by atoms with Gasteiger partial charge in [-0.05, 0) is 41.3 Å². The van der Waals surface area contributed by atoms with Crippen LogP contribution in [0.1, 0.15) is 37.5 Å². The third-order valence-electron chi connectivity index (χ3n) is 3.77. The van der Waals surface area contributed by atoms with Crippen molar-refractivity contribution in [3.8, 4) is 11.5 Å². The van der Waals surface area contributed by atoms with Crippen LogP contribution in [0.3, 0.4) is 0 Å². The molecule has 2 heteroatoms. The molecular formula is C17H20O2. The summed E-state index contributed by atoms with van der Waals surface area (Å²) in [5.41, 5.74) is 3.10. The van der Waals surface area contributed by atoms with Gasteiger partial charge in [-0.25, -0.2) is 0 Å². The number of hydrogen-bond acceptors (Lipinski definition) is 2. The first-order chi connectivity index (χ1) is 8.95. The molecule has 0 aliphatic rings. The Kier molecular flexibility index (Phi) is 3.52. The number of phenolic OH excluding ortho intramolecular Hbond substituents is 2. The SMILES string of the molecule is CCc1cc(C(C)(C)c2ccc(O)cc2)ccc1O. The van der Waals surface area contributed by atoms with E-state index in [0.29, 0.717) is 5.75 Å². The Bertz CT molecular complexity index is 568. The molecule has 2 aromatic rings. The van der Waals surface area contributed by atoms with Crippen LogP contribution in [0.4, 0.5) is 0 Å². The molecule has 0 fully saturated rings. The summed E-state index contributed by atoms with van der Waals surface area (Å²) < 4.78 is 0. The number of hydrogen-bond donors (Lipinski definition) is 2. The average molecular weight is 256 g/mol. The van der Waals surface area contributed by atoms with Crippen molar-refractivity contribution in [1.29, 1.82) is 0 Å². The van der Waals surface area contributed by atoms with Gasteiger partial charge < -0.3 is 10.2 Å². The van der Waals surface area contributed by atoms with E-state index in [1.165, 1.54) is 0 Å². The van der Waals surface area contributed by atoms with Crippen LogP contribution >= 0.6 is 0 Å². The van der Waals surface area contributed by atoms with E-state index in [4.69, 9.17) is 0 Å². The van der Waals surface area contributed by atoms with Gasteiger partial charge in [-0.2, -0.15) is 0 Å². The Hall–Kier alpha value is -1.96. The molecule has 2 nitrogen and oxygen atoms in total. The minimum Gasteiger partial charge on any atom is -0.508 e. The first-order valence-electron chi connectivity index (χ1n) is 6.57. The van der Waals surface area contributed by atoms with Gasteiger partial charge in [0.25, 0.3) is 0 Å². The first-order valence-corrected chi connectivity index (χ1v) is 6.57. The Morgan fingerprint density at radius 3 is 2.05 bits per heavy atom. The van der Waals surface area contributed by atoms with Gasteiger partial charge in [0.1, 0.15) is 11.5 Å². The Morgan fingerprint density at radius 1 is 0.895 bits per heavy atom. The third-order valence-corrected chi connectivity index (χ3v) is 3.77. The van der Waals surface area contributed by atoms with Crippen LogP contribution in [0.25, 0.3) is 0 Å². The quantitative estimate of drug-likeness (QED) is 0.871. The molecule has 0 saturated carbocycles. The van der Waals surface area contributed by atoms with Crippen LogP contribution in [0.5, 0.6) is 11.5 Å². The maximum absolute atomic E-state index is 9.77. The van der Waals surface area contributed by atoms with Crippen molar-refractivity contribution in [3.63, 3.8) is 0 Å². The smallest absolute Gasteiger partial charge is 0.118 e. The Labute approximate surface area is 114 Å². The minimum atomic E-state index is -0.161. The van der Waals surface area contributed by atoms with Crippen molar-refractivity contribution in [2.24, 2.45) is 0 Å². The predicted octanol–water partition coefficient (Wildman–Crippen LogP) is 3.99. The molecule has 0 atom stereocenters. The molecule has 0 aliphatic carbocycles. The lowest BCUT2D eigenvalue weighted by Gasteiger charge is -2.27. The molecule has 0 aromatic heterocycles. The second-order valence-corrected chi connectivity index (χ2v) is 5.37. The normalized spacial score (nSPS) is 11.5. The lowest BCUT2D eigenvalue weighted by atomic mass is 9.77. The molecule has 0 heterocycles. The monoisotopic (exact) mass is 256 g/mol. The summed E-state index contributed by atoms with van der Waals surface area (Å²) in [6, 6.07) is 13.1. The fourth-order valence-corrected chi connectivity index (χ4v) is 2.30. The van der Waals surface area contributed by atoms with Crippen LogP contribution in [0.15, 0.2) is 42.5 Å².